The molecule has 0 heterocycles. The van der Waals surface area contributed by atoms with Crippen LogP contribution in [0.15, 0.2) is 54.6 Å². The summed E-state index contributed by atoms with van der Waals surface area (Å²) < 4.78 is 78.0. The third-order valence-corrected chi connectivity index (χ3v) is 7.29. The third kappa shape index (κ3) is 7.64. The Balaban J connectivity index is 1.38. The maximum atomic E-state index is 15.2. The molecule has 0 fully saturated rings. The van der Waals surface area contributed by atoms with Gasteiger partial charge in [-0.05, 0) is 66.3 Å². The highest BCUT2D eigenvalue weighted by Crippen LogP contribution is 2.27. The number of aryl methyl sites for hydroxylation is 3. The fraction of sp³-hybridized carbons (Fsp3) is 0.324. The van der Waals surface area contributed by atoms with Crippen LogP contribution in [-0.2, 0) is 25.7 Å². The van der Waals surface area contributed by atoms with Crippen molar-refractivity contribution in [2.45, 2.75) is 64.7 Å². The fourth-order valence-electron chi connectivity index (χ4n) is 4.96. The standard InChI is InChI=1S/C34H32F5NO/c1-2-3-4-5-6-15-41-26-19-32(37)28(33(38)20-26)14-9-22-8-13-27-25(16-22)12-11-24(34(27)39)10-7-23-17-30(35)29(21-40)31(36)18-23/h8,11-13,16-20H,2-7,9-10,14-15H2,1H3. The predicted molar refractivity (Wildman–Crippen MR) is 150 cm³/mol. The Morgan fingerprint density at radius 2 is 1.37 bits per heavy atom. The van der Waals surface area contributed by atoms with Gasteiger partial charge in [0.25, 0.3) is 0 Å². The van der Waals surface area contributed by atoms with Crippen molar-refractivity contribution in [1.82, 2.24) is 0 Å². The molecule has 0 N–H and O–H groups in total. The van der Waals surface area contributed by atoms with Gasteiger partial charge in [0.1, 0.15) is 46.5 Å². The zero-order valence-corrected chi connectivity index (χ0v) is 23.0. The van der Waals surface area contributed by atoms with Crippen LogP contribution < -0.4 is 4.74 Å². The first-order valence-corrected chi connectivity index (χ1v) is 14.0. The zero-order chi connectivity index (χ0) is 29.4. The summed E-state index contributed by atoms with van der Waals surface area (Å²) in [7, 11) is 0. The van der Waals surface area contributed by atoms with Gasteiger partial charge >= 0.3 is 0 Å². The largest absolute Gasteiger partial charge is 0.493 e. The van der Waals surface area contributed by atoms with E-state index in [1.807, 2.05) is 0 Å². The number of hydrogen-bond donors (Lipinski definition) is 0. The summed E-state index contributed by atoms with van der Waals surface area (Å²) in [5.41, 5.74) is 0.872. The molecule has 4 aromatic carbocycles. The summed E-state index contributed by atoms with van der Waals surface area (Å²) in [6.07, 6.45) is 6.20. The van der Waals surface area contributed by atoms with Crippen molar-refractivity contribution in [3.8, 4) is 11.8 Å². The van der Waals surface area contributed by atoms with Crippen molar-refractivity contribution in [3.63, 3.8) is 0 Å². The monoisotopic (exact) mass is 565 g/mol. The maximum absolute atomic E-state index is 15.2. The molecule has 4 rings (SSSR count). The van der Waals surface area contributed by atoms with Crippen LogP contribution in [0.25, 0.3) is 10.8 Å². The minimum Gasteiger partial charge on any atom is -0.493 e. The van der Waals surface area contributed by atoms with Crippen molar-refractivity contribution in [1.29, 1.82) is 5.26 Å². The fourth-order valence-corrected chi connectivity index (χ4v) is 4.96. The highest BCUT2D eigenvalue weighted by molar-refractivity contribution is 5.84. The lowest BCUT2D eigenvalue weighted by Crippen LogP contribution is -2.03. The summed E-state index contributed by atoms with van der Waals surface area (Å²) in [6.45, 7) is 2.56. The molecule has 0 saturated heterocycles. The average Bonchev–Trinajstić information content (AvgIpc) is 2.94. The minimum atomic E-state index is -0.939. The van der Waals surface area contributed by atoms with E-state index in [-0.39, 0.29) is 30.6 Å². The van der Waals surface area contributed by atoms with Crippen LogP contribution in [0.1, 0.15) is 66.8 Å². The molecule has 0 unspecified atom stereocenters. The first-order chi connectivity index (χ1) is 19.8. The van der Waals surface area contributed by atoms with E-state index in [1.54, 1.807) is 30.3 Å². The molecule has 0 saturated carbocycles. The van der Waals surface area contributed by atoms with Gasteiger partial charge in [0.05, 0.1) is 6.61 Å². The minimum absolute atomic E-state index is 0.0161. The van der Waals surface area contributed by atoms with Crippen molar-refractivity contribution in [2.24, 2.45) is 0 Å². The van der Waals surface area contributed by atoms with Gasteiger partial charge < -0.3 is 4.74 Å². The number of benzene rings is 4. The maximum Gasteiger partial charge on any atom is 0.144 e. The Bertz CT molecular complexity index is 1510. The van der Waals surface area contributed by atoms with Crippen LogP contribution >= 0.6 is 0 Å². The number of nitriles is 1. The highest BCUT2D eigenvalue weighted by atomic mass is 19.1. The molecule has 0 bridgehead atoms. The summed E-state index contributed by atoms with van der Waals surface area (Å²) in [5.74, 6) is -3.42. The van der Waals surface area contributed by atoms with Crippen LogP contribution in [-0.4, -0.2) is 6.61 Å². The summed E-state index contributed by atoms with van der Waals surface area (Å²) in [5, 5.41) is 9.84. The smallest absolute Gasteiger partial charge is 0.144 e. The predicted octanol–water partition coefficient (Wildman–Crippen LogP) is 9.33. The van der Waals surface area contributed by atoms with E-state index in [1.165, 1.54) is 24.6 Å². The topological polar surface area (TPSA) is 33.0 Å². The molecule has 0 radical (unpaired) electrons. The van der Waals surface area contributed by atoms with E-state index in [2.05, 4.69) is 6.92 Å². The van der Waals surface area contributed by atoms with Gasteiger partial charge in [0.2, 0.25) is 0 Å². The lowest BCUT2D eigenvalue weighted by molar-refractivity contribution is 0.301. The Hall–Kier alpha value is -3.92. The molecule has 0 atom stereocenters. The molecule has 214 valence electrons. The van der Waals surface area contributed by atoms with Gasteiger partial charge in [-0.2, -0.15) is 5.26 Å². The zero-order valence-electron chi connectivity index (χ0n) is 23.0. The van der Waals surface area contributed by atoms with Crippen LogP contribution in [0, 0.1) is 40.4 Å². The van der Waals surface area contributed by atoms with Crippen molar-refractivity contribution < 1.29 is 26.7 Å². The number of halogens is 5. The van der Waals surface area contributed by atoms with E-state index in [4.69, 9.17) is 10.00 Å². The molecule has 2 nitrogen and oxygen atoms in total. The molecular formula is C34H32F5NO. The van der Waals surface area contributed by atoms with Crippen LogP contribution in [0.2, 0.25) is 0 Å². The molecule has 0 aromatic heterocycles. The van der Waals surface area contributed by atoms with E-state index < -0.39 is 34.6 Å². The van der Waals surface area contributed by atoms with Crippen LogP contribution in [0.3, 0.4) is 0 Å². The second kappa shape index (κ2) is 14.1. The Morgan fingerprint density at radius 1 is 0.683 bits per heavy atom. The number of ether oxygens (including phenoxy) is 1. The average molecular weight is 566 g/mol. The molecule has 0 spiro atoms. The first-order valence-electron chi connectivity index (χ1n) is 14.0. The van der Waals surface area contributed by atoms with E-state index >= 15 is 4.39 Å². The summed E-state index contributed by atoms with van der Waals surface area (Å²) in [6, 6.07) is 14.7. The van der Waals surface area contributed by atoms with Crippen molar-refractivity contribution >= 4 is 10.8 Å². The van der Waals surface area contributed by atoms with Crippen molar-refractivity contribution in [3.05, 3.63) is 112 Å². The molecule has 0 aliphatic heterocycles. The van der Waals surface area contributed by atoms with Gasteiger partial charge in [-0.3, -0.25) is 0 Å². The van der Waals surface area contributed by atoms with Crippen LogP contribution in [0.4, 0.5) is 22.0 Å². The lowest BCUT2D eigenvalue weighted by Gasteiger charge is -2.11. The Morgan fingerprint density at radius 3 is 2.05 bits per heavy atom. The Labute approximate surface area is 237 Å². The van der Waals surface area contributed by atoms with E-state index in [9.17, 15) is 17.6 Å². The van der Waals surface area contributed by atoms with Gasteiger partial charge in [0, 0.05) is 23.1 Å². The van der Waals surface area contributed by atoms with Crippen LogP contribution in [0.5, 0.6) is 5.75 Å². The molecule has 0 amide bonds. The number of rotatable bonds is 13. The molecule has 0 aliphatic carbocycles. The van der Waals surface area contributed by atoms with Gasteiger partial charge in [-0.25, -0.2) is 22.0 Å². The second-order valence-electron chi connectivity index (χ2n) is 10.3. The van der Waals surface area contributed by atoms with E-state index in [0.29, 0.717) is 34.9 Å². The first kappa shape index (κ1) is 30.0. The SMILES string of the molecule is CCCCCCCOc1cc(F)c(CCc2ccc3c(F)c(CCc4cc(F)c(C#N)c(F)c4)ccc3c2)c(F)c1. The number of fused-ring (bicyclic) bond motifs is 1. The number of hydrogen-bond acceptors (Lipinski definition) is 2. The number of nitrogens with zero attached hydrogens (tertiary/aromatic N) is 1. The van der Waals surface area contributed by atoms with E-state index in [0.717, 1.165) is 43.4 Å². The van der Waals surface area contributed by atoms with Gasteiger partial charge in [-0.15, -0.1) is 0 Å². The highest BCUT2D eigenvalue weighted by Gasteiger charge is 2.15. The molecule has 7 heteroatoms. The quantitative estimate of drug-likeness (QED) is 0.120. The lowest BCUT2D eigenvalue weighted by atomic mass is 9.97. The number of unbranched alkanes of at least 4 members (excludes halogenated alkanes) is 4. The molecule has 0 aliphatic rings. The summed E-state index contributed by atoms with van der Waals surface area (Å²) in [4.78, 5) is 0. The molecule has 4 aromatic rings. The molecule has 41 heavy (non-hydrogen) atoms. The summed E-state index contributed by atoms with van der Waals surface area (Å²) >= 11 is 0. The normalized spacial score (nSPS) is 11.1. The molecular weight excluding hydrogens is 533 g/mol. The van der Waals surface area contributed by atoms with Crippen molar-refractivity contribution in [2.75, 3.05) is 6.61 Å². The second-order valence-corrected chi connectivity index (χ2v) is 10.3. The Kier molecular flexibility index (Phi) is 10.3. The van der Waals surface area contributed by atoms with Gasteiger partial charge in [-0.1, -0.05) is 62.9 Å². The van der Waals surface area contributed by atoms with Gasteiger partial charge in [0.15, 0.2) is 0 Å². The third-order valence-electron chi connectivity index (χ3n) is 7.29.